The number of nitrogens with zero attached hydrogens (tertiary/aromatic N) is 2. The molecule has 2 N–H and O–H groups in total. The first-order valence-corrected chi connectivity index (χ1v) is 9.58. The minimum Gasteiger partial charge on any atom is -0.357 e. The molecule has 0 bridgehead atoms. The fraction of sp³-hybridized carbons (Fsp3) is 0.611. The van der Waals surface area contributed by atoms with Crippen molar-refractivity contribution in [3.05, 3.63) is 35.4 Å². The van der Waals surface area contributed by atoms with Gasteiger partial charge in [-0.3, -0.25) is 0 Å². The molecule has 128 valence electrons. The van der Waals surface area contributed by atoms with Crippen LogP contribution in [0.3, 0.4) is 0 Å². The van der Waals surface area contributed by atoms with E-state index < -0.39 is 0 Å². The van der Waals surface area contributed by atoms with Gasteiger partial charge < -0.3 is 15.5 Å². The van der Waals surface area contributed by atoms with E-state index >= 15 is 0 Å². The predicted octanol–water partition coefficient (Wildman–Crippen LogP) is 2.70. The SMILES string of the molecule is CCNC(=NCc1cccc(CN(C)C)c1)NCC1CCCS1. The second-order valence-corrected chi connectivity index (χ2v) is 7.68. The Morgan fingerprint density at radius 3 is 2.83 bits per heavy atom. The average Bonchev–Trinajstić information content (AvgIpc) is 3.03. The van der Waals surface area contributed by atoms with Gasteiger partial charge in [-0.1, -0.05) is 24.3 Å². The molecular formula is C18H30N4S. The van der Waals surface area contributed by atoms with Crippen LogP contribution in [0.25, 0.3) is 0 Å². The van der Waals surface area contributed by atoms with E-state index in [1.54, 1.807) is 0 Å². The molecule has 0 spiro atoms. The Morgan fingerprint density at radius 1 is 1.30 bits per heavy atom. The van der Waals surface area contributed by atoms with Crippen LogP contribution >= 0.6 is 11.8 Å². The van der Waals surface area contributed by atoms with Crippen LogP contribution in [-0.2, 0) is 13.1 Å². The Balaban J connectivity index is 1.90. The zero-order valence-electron chi connectivity index (χ0n) is 14.6. The number of benzene rings is 1. The molecule has 0 aromatic heterocycles. The molecule has 1 aliphatic heterocycles. The number of thioether (sulfide) groups is 1. The molecule has 0 aliphatic carbocycles. The molecule has 5 heteroatoms. The van der Waals surface area contributed by atoms with Gasteiger partial charge in [-0.05, 0) is 50.7 Å². The van der Waals surface area contributed by atoms with Crippen molar-refractivity contribution in [1.82, 2.24) is 15.5 Å². The van der Waals surface area contributed by atoms with Gasteiger partial charge in [0, 0.05) is 24.9 Å². The summed E-state index contributed by atoms with van der Waals surface area (Å²) in [6.45, 7) is 5.70. The summed E-state index contributed by atoms with van der Waals surface area (Å²) in [7, 11) is 4.19. The van der Waals surface area contributed by atoms with Crippen molar-refractivity contribution >= 4 is 17.7 Å². The highest BCUT2D eigenvalue weighted by atomic mass is 32.2. The number of rotatable bonds is 7. The molecule has 2 rings (SSSR count). The first-order valence-electron chi connectivity index (χ1n) is 8.53. The Hall–Kier alpha value is -1.20. The van der Waals surface area contributed by atoms with Crippen LogP contribution < -0.4 is 10.6 Å². The van der Waals surface area contributed by atoms with Crippen LogP contribution in [0.1, 0.15) is 30.9 Å². The van der Waals surface area contributed by atoms with E-state index in [0.29, 0.717) is 6.54 Å². The van der Waals surface area contributed by atoms with Crippen LogP contribution in [0, 0.1) is 0 Å². The fourth-order valence-electron chi connectivity index (χ4n) is 2.72. The molecule has 0 radical (unpaired) electrons. The summed E-state index contributed by atoms with van der Waals surface area (Å²) in [6, 6.07) is 8.70. The Kier molecular flexibility index (Phi) is 7.76. The van der Waals surface area contributed by atoms with E-state index in [9.17, 15) is 0 Å². The van der Waals surface area contributed by atoms with Crippen molar-refractivity contribution in [2.24, 2.45) is 4.99 Å². The molecule has 1 aliphatic rings. The second-order valence-electron chi connectivity index (χ2n) is 6.27. The standard InChI is InChI=1S/C18H30N4S/c1-4-19-18(21-13-17-9-6-10-23-17)20-12-15-7-5-8-16(11-15)14-22(2)3/h5,7-8,11,17H,4,6,9-10,12-14H2,1-3H3,(H2,19,20,21). The Labute approximate surface area is 145 Å². The predicted molar refractivity (Wildman–Crippen MR) is 102 cm³/mol. The molecule has 1 aromatic carbocycles. The van der Waals surface area contributed by atoms with Gasteiger partial charge in [0.2, 0.25) is 0 Å². The lowest BCUT2D eigenvalue weighted by atomic mass is 10.1. The lowest BCUT2D eigenvalue weighted by Crippen LogP contribution is -2.40. The molecule has 23 heavy (non-hydrogen) atoms. The highest BCUT2D eigenvalue weighted by Crippen LogP contribution is 2.25. The summed E-state index contributed by atoms with van der Waals surface area (Å²) in [5.41, 5.74) is 2.60. The molecule has 1 fully saturated rings. The molecule has 1 heterocycles. The maximum atomic E-state index is 4.74. The number of hydrogen-bond acceptors (Lipinski definition) is 3. The van der Waals surface area contributed by atoms with Gasteiger partial charge >= 0.3 is 0 Å². The topological polar surface area (TPSA) is 39.7 Å². The van der Waals surface area contributed by atoms with Gasteiger partial charge in [0.1, 0.15) is 0 Å². The van der Waals surface area contributed by atoms with Crippen molar-refractivity contribution in [3.63, 3.8) is 0 Å². The molecule has 0 saturated carbocycles. The second kappa shape index (κ2) is 9.83. The van der Waals surface area contributed by atoms with Crippen LogP contribution in [0.2, 0.25) is 0 Å². The number of aliphatic imine (C=N–C) groups is 1. The summed E-state index contributed by atoms with van der Waals surface area (Å²) in [4.78, 5) is 6.92. The van der Waals surface area contributed by atoms with E-state index in [0.717, 1.165) is 30.8 Å². The summed E-state index contributed by atoms with van der Waals surface area (Å²) in [5, 5.41) is 7.57. The summed E-state index contributed by atoms with van der Waals surface area (Å²) >= 11 is 2.07. The van der Waals surface area contributed by atoms with Gasteiger partial charge in [-0.2, -0.15) is 11.8 Å². The Morgan fingerprint density at radius 2 is 2.13 bits per heavy atom. The van der Waals surface area contributed by atoms with Gasteiger partial charge in [0.05, 0.1) is 6.54 Å². The fourth-order valence-corrected chi connectivity index (χ4v) is 3.92. The lowest BCUT2D eigenvalue weighted by Gasteiger charge is -2.15. The van der Waals surface area contributed by atoms with Crippen molar-refractivity contribution in [1.29, 1.82) is 0 Å². The first-order chi connectivity index (χ1) is 11.2. The van der Waals surface area contributed by atoms with E-state index in [2.05, 4.69) is 72.6 Å². The number of hydrogen-bond donors (Lipinski definition) is 2. The van der Waals surface area contributed by atoms with Crippen molar-refractivity contribution in [2.75, 3.05) is 32.9 Å². The largest absolute Gasteiger partial charge is 0.357 e. The van der Waals surface area contributed by atoms with Gasteiger partial charge in [0.15, 0.2) is 5.96 Å². The maximum Gasteiger partial charge on any atom is 0.191 e. The van der Waals surface area contributed by atoms with Crippen molar-refractivity contribution < 1.29 is 0 Å². The normalized spacial score (nSPS) is 18.4. The minimum atomic E-state index is 0.717. The molecule has 0 amide bonds. The third kappa shape index (κ3) is 6.83. The molecular weight excluding hydrogens is 304 g/mol. The summed E-state index contributed by atoms with van der Waals surface area (Å²) in [6.07, 6.45) is 2.67. The van der Waals surface area contributed by atoms with Gasteiger partial charge in [-0.15, -0.1) is 0 Å². The lowest BCUT2D eigenvalue weighted by molar-refractivity contribution is 0.402. The molecule has 1 aromatic rings. The van der Waals surface area contributed by atoms with Crippen LogP contribution in [0.15, 0.2) is 29.3 Å². The maximum absolute atomic E-state index is 4.74. The van der Waals surface area contributed by atoms with E-state index in [1.165, 1.54) is 29.7 Å². The van der Waals surface area contributed by atoms with Gasteiger partial charge in [0.25, 0.3) is 0 Å². The molecule has 1 unspecified atom stereocenters. The van der Waals surface area contributed by atoms with E-state index in [4.69, 9.17) is 4.99 Å². The smallest absolute Gasteiger partial charge is 0.191 e. The van der Waals surface area contributed by atoms with E-state index in [-0.39, 0.29) is 0 Å². The summed E-state index contributed by atoms with van der Waals surface area (Å²) < 4.78 is 0. The first kappa shape index (κ1) is 18.1. The molecule has 4 nitrogen and oxygen atoms in total. The zero-order valence-corrected chi connectivity index (χ0v) is 15.5. The van der Waals surface area contributed by atoms with E-state index in [1.807, 2.05) is 0 Å². The minimum absolute atomic E-state index is 0.717. The van der Waals surface area contributed by atoms with Crippen LogP contribution in [0.4, 0.5) is 0 Å². The van der Waals surface area contributed by atoms with Crippen LogP contribution in [0.5, 0.6) is 0 Å². The molecule has 1 atom stereocenters. The number of guanidine groups is 1. The Bertz CT molecular complexity index is 496. The van der Waals surface area contributed by atoms with Gasteiger partial charge in [-0.25, -0.2) is 4.99 Å². The van der Waals surface area contributed by atoms with Crippen LogP contribution in [-0.4, -0.2) is 49.0 Å². The highest BCUT2D eigenvalue weighted by Gasteiger charge is 2.15. The third-order valence-electron chi connectivity index (χ3n) is 3.78. The van der Waals surface area contributed by atoms with Crippen molar-refractivity contribution in [2.45, 2.75) is 38.1 Å². The number of nitrogens with one attached hydrogen (secondary N) is 2. The summed E-state index contributed by atoms with van der Waals surface area (Å²) in [5.74, 6) is 2.23. The zero-order chi connectivity index (χ0) is 16.5. The monoisotopic (exact) mass is 334 g/mol. The molecule has 1 saturated heterocycles. The quantitative estimate of drug-likeness (QED) is 0.594. The van der Waals surface area contributed by atoms with Crippen molar-refractivity contribution in [3.8, 4) is 0 Å². The third-order valence-corrected chi connectivity index (χ3v) is 5.17. The average molecular weight is 335 g/mol. The highest BCUT2D eigenvalue weighted by molar-refractivity contribution is 8.00.